The first kappa shape index (κ1) is 18.7. The Kier molecular flexibility index (Phi) is 5.34. The SMILES string of the molecule is O=S1(=O)C[C@H]2N=C(SCCOc3ccccc3)N(c3cccc(Cl)c3)[C@H]2C1. The van der Waals surface area contributed by atoms with Gasteiger partial charge in [0.1, 0.15) is 5.75 Å². The Balaban J connectivity index is 1.47. The highest BCUT2D eigenvalue weighted by Gasteiger charge is 2.47. The number of aliphatic imine (C=N–C) groups is 1. The number of benzene rings is 2. The standard InChI is InChI=1S/C19H19ClN2O3S2/c20-14-5-4-6-15(11-14)22-18-13-27(23,24)12-17(18)21-19(22)26-10-9-25-16-7-2-1-3-8-16/h1-8,11,17-18H,9-10,12-13H2/t17-,18+/m1/s1. The van der Waals surface area contributed by atoms with Gasteiger partial charge in [0.15, 0.2) is 15.0 Å². The molecule has 27 heavy (non-hydrogen) atoms. The second-order valence-electron chi connectivity index (χ2n) is 6.48. The summed E-state index contributed by atoms with van der Waals surface area (Å²) in [6.07, 6.45) is 0. The lowest BCUT2D eigenvalue weighted by Gasteiger charge is -2.26. The fourth-order valence-corrected chi connectivity index (χ4v) is 6.34. The van der Waals surface area contributed by atoms with Crippen molar-refractivity contribution in [1.82, 2.24) is 0 Å². The summed E-state index contributed by atoms with van der Waals surface area (Å²) in [6, 6.07) is 16.8. The van der Waals surface area contributed by atoms with Crippen molar-refractivity contribution in [2.24, 2.45) is 4.99 Å². The maximum Gasteiger partial charge on any atom is 0.164 e. The summed E-state index contributed by atoms with van der Waals surface area (Å²) in [5, 5.41) is 1.45. The lowest BCUT2D eigenvalue weighted by Crippen LogP contribution is -2.39. The number of ether oxygens (including phenoxy) is 1. The predicted octanol–water partition coefficient (Wildman–Crippen LogP) is 3.49. The second-order valence-corrected chi connectivity index (χ2v) is 10.1. The fourth-order valence-electron chi connectivity index (χ4n) is 3.37. The lowest BCUT2D eigenvalue weighted by molar-refractivity contribution is 0.344. The molecule has 0 amide bonds. The number of para-hydroxylation sites is 1. The molecule has 2 atom stereocenters. The van der Waals surface area contributed by atoms with Gasteiger partial charge in [0.05, 0.1) is 30.2 Å². The summed E-state index contributed by atoms with van der Waals surface area (Å²) < 4.78 is 29.9. The van der Waals surface area contributed by atoms with Crippen molar-refractivity contribution < 1.29 is 13.2 Å². The molecule has 4 rings (SSSR count). The van der Waals surface area contributed by atoms with Crippen LogP contribution < -0.4 is 9.64 Å². The number of fused-ring (bicyclic) bond motifs is 1. The number of thioether (sulfide) groups is 1. The van der Waals surface area contributed by atoms with Crippen LogP contribution in [-0.4, -0.2) is 49.5 Å². The zero-order chi connectivity index (χ0) is 18.9. The van der Waals surface area contributed by atoms with Gasteiger partial charge in [0, 0.05) is 16.5 Å². The van der Waals surface area contributed by atoms with Crippen LogP contribution in [-0.2, 0) is 9.84 Å². The number of nitrogens with zero attached hydrogens (tertiary/aromatic N) is 2. The zero-order valence-electron chi connectivity index (χ0n) is 14.5. The van der Waals surface area contributed by atoms with Crippen LogP contribution in [0.3, 0.4) is 0 Å². The molecule has 1 saturated heterocycles. The van der Waals surface area contributed by atoms with E-state index in [0.29, 0.717) is 11.6 Å². The quantitative estimate of drug-likeness (QED) is 0.690. The third-order valence-corrected chi connectivity index (χ3v) is 7.39. The second kappa shape index (κ2) is 7.73. The zero-order valence-corrected chi connectivity index (χ0v) is 16.9. The maximum atomic E-state index is 12.1. The Morgan fingerprint density at radius 1 is 1.15 bits per heavy atom. The van der Waals surface area contributed by atoms with Crippen LogP contribution in [0.2, 0.25) is 5.02 Å². The third-order valence-electron chi connectivity index (χ3n) is 4.52. The van der Waals surface area contributed by atoms with E-state index in [1.54, 1.807) is 11.8 Å². The topological polar surface area (TPSA) is 59.0 Å². The maximum absolute atomic E-state index is 12.1. The summed E-state index contributed by atoms with van der Waals surface area (Å²) in [5.41, 5.74) is 0.877. The monoisotopic (exact) mass is 422 g/mol. The summed E-state index contributed by atoms with van der Waals surface area (Å²) in [5.74, 6) is 1.79. The molecule has 1 fully saturated rings. The Labute approximate surface area is 168 Å². The van der Waals surface area contributed by atoms with Crippen LogP contribution in [0, 0.1) is 0 Å². The van der Waals surface area contributed by atoms with E-state index < -0.39 is 9.84 Å². The van der Waals surface area contributed by atoms with E-state index in [4.69, 9.17) is 21.3 Å². The molecule has 0 aromatic heterocycles. The first-order chi connectivity index (χ1) is 13.0. The molecule has 5 nitrogen and oxygen atoms in total. The molecule has 2 aromatic rings. The number of hydrogen-bond donors (Lipinski definition) is 0. The summed E-state index contributed by atoms with van der Waals surface area (Å²) in [6.45, 7) is 0.546. The van der Waals surface area contributed by atoms with Crippen molar-refractivity contribution in [1.29, 1.82) is 0 Å². The highest BCUT2D eigenvalue weighted by atomic mass is 35.5. The van der Waals surface area contributed by atoms with Gasteiger partial charge >= 0.3 is 0 Å². The van der Waals surface area contributed by atoms with Crippen LogP contribution in [0.15, 0.2) is 59.6 Å². The minimum Gasteiger partial charge on any atom is -0.493 e. The van der Waals surface area contributed by atoms with Crippen molar-refractivity contribution in [3.05, 3.63) is 59.6 Å². The summed E-state index contributed by atoms with van der Waals surface area (Å²) in [7, 11) is -3.06. The third kappa shape index (κ3) is 4.25. The smallest absolute Gasteiger partial charge is 0.164 e. The molecule has 2 aliphatic heterocycles. The molecule has 0 saturated carbocycles. The molecular formula is C19H19ClN2O3S2. The number of amidine groups is 1. The van der Waals surface area contributed by atoms with E-state index in [-0.39, 0.29) is 23.6 Å². The molecule has 2 aliphatic rings. The van der Waals surface area contributed by atoms with Crippen LogP contribution in [0.1, 0.15) is 0 Å². The minimum atomic E-state index is -3.06. The molecule has 0 unspecified atom stereocenters. The molecule has 0 spiro atoms. The normalized spacial score (nSPS) is 23.1. The molecule has 8 heteroatoms. The van der Waals surface area contributed by atoms with E-state index in [9.17, 15) is 8.42 Å². The van der Waals surface area contributed by atoms with E-state index >= 15 is 0 Å². The average Bonchev–Trinajstić information content (AvgIpc) is 3.10. The minimum absolute atomic E-state index is 0.110. The molecule has 0 N–H and O–H groups in total. The van der Waals surface area contributed by atoms with Crippen molar-refractivity contribution in [3.63, 3.8) is 0 Å². The van der Waals surface area contributed by atoms with Gasteiger partial charge in [0.25, 0.3) is 0 Å². The highest BCUT2D eigenvalue weighted by Crippen LogP contribution is 2.35. The van der Waals surface area contributed by atoms with Gasteiger partial charge < -0.3 is 9.64 Å². The van der Waals surface area contributed by atoms with Crippen molar-refractivity contribution in [2.45, 2.75) is 12.1 Å². The Hall–Kier alpha value is -1.70. The van der Waals surface area contributed by atoms with Gasteiger partial charge in [0.2, 0.25) is 0 Å². The first-order valence-electron chi connectivity index (χ1n) is 8.65. The predicted molar refractivity (Wildman–Crippen MR) is 112 cm³/mol. The van der Waals surface area contributed by atoms with Crippen molar-refractivity contribution >= 4 is 44.1 Å². The number of sulfone groups is 1. The van der Waals surface area contributed by atoms with Gasteiger partial charge in [-0.15, -0.1) is 0 Å². The number of anilines is 1. The highest BCUT2D eigenvalue weighted by molar-refractivity contribution is 8.14. The number of hydrogen-bond acceptors (Lipinski definition) is 6. The Morgan fingerprint density at radius 3 is 2.74 bits per heavy atom. The Morgan fingerprint density at radius 2 is 1.96 bits per heavy atom. The van der Waals surface area contributed by atoms with Gasteiger partial charge in [-0.05, 0) is 30.3 Å². The lowest BCUT2D eigenvalue weighted by atomic mass is 10.1. The van der Waals surface area contributed by atoms with Crippen LogP contribution in [0.25, 0.3) is 0 Å². The van der Waals surface area contributed by atoms with Crippen LogP contribution in [0.4, 0.5) is 5.69 Å². The summed E-state index contributed by atoms with van der Waals surface area (Å²) >= 11 is 7.73. The molecular weight excluding hydrogens is 404 g/mol. The molecule has 0 bridgehead atoms. The molecule has 142 valence electrons. The van der Waals surface area contributed by atoms with Crippen LogP contribution >= 0.6 is 23.4 Å². The Bertz CT molecular complexity index is 950. The van der Waals surface area contributed by atoms with Crippen molar-refractivity contribution in [3.8, 4) is 5.75 Å². The van der Waals surface area contributed by atoms with Gasteiger partial charge in [-0.2, -0.15) is 0 Å². The van der Waals surface area contributed by atoms with Gasteiger partial charge in [-0.25, -0.2) is 8.42 Å². The van der Waals surface area contributed by atoms with E-state index in [0.717, 1.165) is 22.4 Å². The van der Waals surface area contributed by atoms with E-state index in [1.807, 2.05) is 59.5 Å². The van der Waals surface area contributed by atoms with Crippen LogP contribution in [0.5, 0.6) is 5.75 Å². The van der Waals surface area contributed by atoms with Crippen molar-refractivity contribution in [2.75, 3.05) is 28.8 Å². The average molecular weight is 423 g/mol. The number of rotatable bonds is 5. The van der Waals surface area contributed by atoms with E-state index in [2.05, 4.69) is 0 Å². The van der Waals surface area contributed by atoms with E-state index in [1.165, 1.54) is 0 Å². The number of halogens is 1. The molecule has 2 heterocycles. The van der Waals surface area contributed by atoms with Gasteiger partial charge in [-0.3, -0.25) is 4.99 Å². The molecule has 0 aliphatic carbocycles. The largest absolute Gasteiger partial charge is 0.493 e. The summed E-state index contributed by atoms with van der Waals surface area (Å²) in [4.78, 5) is 6.73. The molecule has 0 radical (unpaired) electrons. The van der Waals surface area contributed by atoms with Gasteiger partial charge in [-0.1, -0.05) is 47.6 Å². The fraction of sp³-hybridized carbons (Fsp3) is 0.316. The first-order valence-corrected chi connectivity index (χ1v) is 11.8. The molecule has 2 aromatic carbocycles.